The fourth-order valence-electron chi connectivity index (χ4n) is 3.82. The molecule has 1 saturated heterocycles. The van der Waals surface area contributed by atoms with Gasteiger partial charge >= 0.3 is 6.03 Å². The number of carbonyl (C=O) groups is 3. The Hall–Kier alpha value is -3.06. The lowest BCUT2D eigenvalue weighted by Gasteiger charge is -2.27. The third-order valence-electron chi connectivity index (χ3n) is 5.44. The SMILES string of the molecule is CCN(c1ccc(NC(=O)CN2C(=O)N[C@](C)(c3ccccc3Cl)C2=O)cc1)C(C)C. The number of rotatable bonds is 7. The molecule has 4 amide bonds. The molecule has 8 heteroatoms. The molecule has 1 aliphatic heterocycles. The molecule has 0 bridgehead atoms. The van der Waals surface area contributed by atoms with Crippen molar-refractivity contribution in [2.24, 2.45) is 0 Å². The average molecular weight is 443 g/mol. The Balaban J connectivity index is 1.69. The number of nitrogens with zero attached hydrogens (tertiary/aromatic N) is 2. The lowest BCUT2D eigenvalue weighted by Crippen LogP contribution is -2.42. The number of imide groups is 1. The minimum Gasteiger partial charge on any atom is -0.369 e. The third kappa shape index (κ3) is 4.51. The van der Waals surface area contributed by atoms with Crippen molar-refractivity contribution >= 4 is 40.8 Å². The van der Waals surface area contributed by atoms with Gasteiger partial charge in [-0.3, -0.25) is 14.5 Å². The predicted molar refractivity (Wildman–Crippen MR) is 122 cm³/mol. The van der Waals surface area contributed by atoms with Crippen LogP contribution in [0.3, 0.4) is 0 Å². The summed E-state index contributed by atoms with van der Waals surface area (Å²) in [6.07, 6.45) is 0. The van der Waals surface area contributed by atoms with Crippen molar-refractivity contribution in [3.05, 3.63) is 59.1 Å². The summed E-state index contributed by atoms with van der Waals surface area (Å²) in [6.45, 7) is 8.39. The molecule has 2 N–H and O–H groups in total. The van der Waals surface area contributed by atoms with E-state index in [-0.39, 0.29) is 6.54 Å². The first kappa shape index (κ1) is 22.6. The van der Waals surface area contributed by atoms with Crippen LogP contribution in [-0.2, 0) is 15.1 Å². The van der Waals surface area contributed by atoms with Crippen LogP contribution in [0.25, 0.3) is 0 Å². The standard InChI is InChI=1S/C23H27ClN4O3/c1-5-27(15(2)3)17-12-10-16(11-13-17)25-20(29)14-28-21(30)23(4,26-22(28)31)18-8-6-7-9-19(18)24/h6-13,15H,5,14H2,1-4H3,(H,25,29)(H,26,31)/t23-/m1/s1. The Kier molecular flexibility index (Phi) is 6.55. The van der Waals surface area contributed by atoms with Gasteiger partial charge in [0, 0.05) is 34.5 Å². The summed E-state index contributed by atoms with van der Waals surface area (Å²) in [5.41, 5.74) is 0.811. The Morgan fingerprint density at radius 1 is 1.16 bits per heavy atom. The van der Waals surface area contributed by atoms with E-state index < -0.39 is 23.4 Å². The maximum Gasteiger partial charge on any atom is 0.325 e. The van der Waals surface area contributed by atoms with Crippen molar-refractivity contribution in [3.63, 3.8) is 0 Å². The summed E-state index contributed by atoms with van der Waals surface area (Å²) >= 11 is 6.23. The van der Waals surface area contributed by atoms with Crippen LogP contribution in [0.1, 0.15) is 33.3 Å². The van der Waals surface area contributed by atoms with E-state index in [4.69, 9.17) is 11.6 Å². The largest absolute Gasteiger partial charge is 0.369 e. The van der Waals surface area contributed by atoms with Crippen molar-refractivity contribution in [2.45, 2.75) is 39.3 Å². The van der Waals surface area contributed by atoms with E-state index in [1.807, 2.05) is 12.1 Å². The Labute approximate surface area is 187 Å². The van der Waals surface area contributed by atoms with Gasteiger partial charge in [-0.2, -0.15) is 0 Å². The third-order valence-corrected chi connectivity index (χ3v) is 5.77. The average Bonchev–Trinajstić information content (AvgIpc) is 2.93. The van der Waals surface area contributed by atoms with Gasteiger partial charge in [0.1, 0.15) is 12.1 Å². The number of nitrogens with one attached hydrogen (secondary N) is 2. The highest BCUT2D eigenvalue weighted by Crippen LogP contribution is 2.33. The van der Waals surface area contributed by atoms with Crippen LogP contribution in [0.5, 0.6) is 0 Å². The molecule has 0 unspecified atom stereocenters. The number of halogens is 1. The maximum absolute atomic E-state index is 13.0. The predicted octanol–water partition coefficient (Wildman–Crippen LogP) is 3.98. The van der Waals surface area contributed by atoms with Crippen LogP contribution in [0, 0.1) is 0 Å². The molecule has 0 aliphatic carbocycles. The summed E-state index contributed by atoms with van der Waals surface area (Å²) in [4.78, 5) is 41.1. The van der Waals surface area contributed by atoms with Gasteiger partial charge in [-0.05, 0) is 58.0 Å². The summed E-state index contributed by atoms with van der Waals surface area (Å²) in [5.74, 6) is -0.984. The van der Waals surface area contributed by atoms with E-state index in [0.29, 0.717) is 22.3 Å². The zero-order chi connectivity index (χ0) is 22.8. The van der Waals surface area contributed by atoms with Gasteiger partial charge in [-0.15, -0.1) is 0 Å². The number of benzene rings is 2. The van der Waals surface area contributed by atoms with Gasteiger partial charge < -0.3 is 15.5 Å². The molecule has 1 atom stereocenters. The second-order valence-corrected chi connectivity index (χ2v) is 8.31. The lowest BCUT2D eigenvalue weighted by molar-refractivity contribution is -0.133. The van der Waals surface area contributed by atoms with Crippen LogP contribution in [0.4, 0.5) is 16.2 Å². The zero-order valence-electron chi connectivity index (χ0n) is 18.1. The number of urea groups is 1. The number of carbonyl (C=O) groups excluding carboxylic acids is 3. The molecule has 0 saturated carbocycles. The smallest absolute Gasteiger partial charge is 0.325 e. The van der Waals surface area contributed by atoms with Crippen molar-refractivity contribution in [1.29, 1.82) is 0 Å². The van der Waals surface area contributed by atoms with Crippen LogP contribution in [-0.4, -0.2) is 41.9 Å². The van der Waals surface area contributed by atoms with E-state index in [0.717, 1.165) is 17.1 Å². The van der Waals surface area contributed by atoms with Crippen molar-refractivity contribution in [1.82, 2.24) is 10.2 Å². The summed E-state index contributed by atoms with van der Waals surface area (Å²) < 4.78 is 0. The van der Waals surface area contributed by atoms with E-state index >= 15 is 0 Å². The van der Waals surface area contributed by atoms with Gasteiger partial charge in [0.2, 0.25) is 5.91 Å². The van der Waals surface area contributed by atoms with Crippen LogP contribution in [0.2, 0.25) is 5.02 Å². The maximum atomic E-state index is 13.0. The van der Waals surface area contributed by atoms with Crippen LogP contribution >= 0.6 is 11.6 Å². The second-order valence-electron chi connectivity index (χ2n) is 7.90. The first-order chi connectivity index (χ1) is 14.7. The van der Waals surface area contributed by atoms with E-state index in [2.05, 4.69) is 36.3 Å². The second kappa shape index (κ2) is 8.98. The molecule has 164 valence electrons. The quantitative estimate of drug-likeness (QED) is 0.635. The minimum atomic E-state index is -1.32. The highest BCUT2D eigenvalue weighted by molar-refractivity contribution is 6.32. The summed E-state index contributed by atoms with van der Waals surface area (Å²) in [7, 11) is 0. The van der Waals surface area contributed by atoms with Gasteiger partial charge in [0.05, 0.1) is 0 Å². The van der Waals surface area contributed by atoms with Crippen molar-refractivity contribution in [3.8, 4) is 0 Å². The van der Waals surface area contributed by atoms with Crippen LogP contribution in [0.15, 0.2) is 48.5 Å². The molecule has 3 rings (SSSR count). The zero-order valence-corrected chi connectivity index (χ0v) is 18.9. The van der Waals surface area contributed by atoms with E-state index in [9.17, 15) is 14.4 Å². The Morgan fingerprint density at radius 3 is 2.39 bits per heavy atom. The highest BCUT2D eigenvalue weighted by Gasteiger charge is 2.50. The fourth-order valence-corrected chi connectivity index (χ4v) is 4.14. The first-order valence-corrected chi connectivity index (χ1v) is 10.6. The molecule has 0 aromatic heterocycles. The topological polar surface area (TPSA) is 81.8 Å². The Morgan fingerprint density at radius 2 is 1.81 bits per heavy atom. The summed E-state index contributed by atoms with van der Waals surface area (Å²) in [6, 6.07) is 14.0. The minimum absolute atomic E-state index is 0.359. The van der Waals surface area contributed by atoms with E-state index in [1.165, 1.54) is 0 Å². The molecule has 31 heavy (non-hydrogen) atoms. The van der Waals surface area contributed by atoms with Gasteiger partial charge in [-0.1, -0.05) is 29.8 Å². The van der Waals surface area contributed by atoms with Gasteiger partial charge in [0.25, 0.3) is 5.91 Å². The summed E-state index contributed by atoms with van der Waals surface area (Å²) in [5, 5.41) is 5.77. The molecular weight excluding hydrogens is 416 g/mol. The number of hydrogen-bond donors (Lipinski definition) is 2. The van der Waals surface area contributed by atoms with Gasteiger partial charge in [0.15, 0.2) is 0 Å². The fraction of sp³-hybridized carbons (Fsp3) is 0.348. The molecule has 7 nitrogen and oxygen atoms in total. The molecule has 2 aromatic rings. The molecule has 1 fully saturated rings. The molecule has 0 spiro atoms. The monoisotopic (exact) mass is 442 g/mol. The Bertz CT molecular complexity index is 993. The first-order valence-electron chi connectivity index (χ1n) is 10.2. The molecule has 0 radical (unpaired) electrons. The number of hydrogen-bond acceptors (Lipinski definition) is 4. The lowest BCUT2D eigenvalue weighted by atomic mass is 9.92. The molecule has 2 aromatic carbocycles. The van der Waals surface area contributed by atoms with Gasteiger partial charge in [-0.25, -0.2) is 4.79 Å². The molecular formula is C23H27ClN4O3. The van der Waals surface area contributed by atoms with Crippen molar-refractivity contribution in [2.75, 3.05) is 23.3 Å². The number of anilines is 2. The molecule has 1 aliphatic rings. The molecule has 1 heterocycles. The van der Waals surface area contributed by atoms with Crippen molar-refractivity contribution < 1.29 is 14.4 Å². The van der Waals surface area contributed by atoms with E-state index in [1.54, 1.807) is 43.3 Å². The normalized spacial score (nSPS) is 18.3. The van der Waals surface area contributed by atoms with Crippen LogP contribution < -0.4 is 15.5 Å². The number of amides is 4. The highest BCUT2D eigenvalue weighted by atomic mass is 35.5.